The summed E-state index contributed by atoms with van der Waals surface area (Å²) in [4.78, 5) is 23.0. The Morgan fingerprint density at radius 1 is 0.871 bits per heavy atom. The van der Waals surface area contributed by atoms with Gasteiger partial charge in [-0.3, -0.25) is 4.99 Å². The number of anilines is 4. The number of benzene rings is 1. The highest BCUT2D eigenvalue weighted by Crippen LogP contribution is 2.22. The normalized spacial score (nSPS) is 16.7. The van der Waals surface area contributed by atoms with Crippen LogP contribution in [0.1, 0.15) is 5.76 Å². The van der Waals surface area contributed by atoms with Crippen LogP contribution in [0.5, 0.6) is 0 Å². The fourth-order valence-corrected chi connectivity index (χ4v) is 3.50. The second kappa shape index (κ2) is 8.57. The van der Waals surface area contributed by atoms with Crippen LogP contribution in [0.25, 0.3) is 5.57 Å². The molecule has 0 atom stereocenters. The minimum absolute atomic E-state index is 0.457. The number of hydrogen-bond acceptors (Lipinski definition) is 9. The van der Waals surface area contributed by atoms with Crippen LogP contribution in [0.2, 0.25) is 0 Å². The van der Waals surface area contributed by atoms with Gasteiger partial charge in [0.25, 0.3) is 0 Å². The number of likely N-dealkylation sites (N-methyl/N-ethyl adjacent to an activating group) is 1. The molecule has 1 saturated heterocycles. The van der Waals surface area contributed by atoms with Crippen LogP contribution in [0.4, 0.5) is 23.5 Å². The summed E-state index contributed by atoms with van der Waals surface area (Å²) in [6, 6.07) is 13.7. The summed E-state index contributed by atoms with van der Waals surface area (Å²) in [5.74, 6) is 3.12. The number of para-hydroxylation sites is 1. The molecule has 0 unspecified atom stereocenters. The van der Waals surface area contributed by atoms with Crippen LogP contribution in [0, 0.1) is 0 Å². The zero-order valence-electron chi connectivity index (χ0n) is 17.3. The summed E-state index contributed by atoms with van der Waals surface area (Å²) in [5.41, 5.74) is 1.94. The molecule has 1 aromatic carbocycles. The third-order valence-corrected chi connectivity index (χ3v) is 5.25. The Kier molecular flexibility index (Phi) is 5.32. The number of furan rings is 1. The SMILES string of the molecule is CN1CCN(c2nc(NC3=NCC(c4ccco4)=C3)nc(Nc3ccccc3)n2)CC1. The maximum Gasteiger partial charge on any atom is 0.235 e. The number of amidine groups is 1. The van der Waals surface area contributed by atoms with Crippen LogP contribution < -0.4 is 15.5 Å². The Labute approximate surface area is 180 Å². The van der Waals surface area contributed by atoms with E-state index in [1.54, 1.807) is 6.26 Å². The zero-order valence-corrected chi connectivity index (χ0v) is 17.3. The first-order chi connectivity index (χ1) is 15.2. The summed E-state index contributed by atoms with van der Waals surface area (Å²) >= 11 is 0. The van der Waals surface area contributed by atoms with Gasteiger partial charge in [0.2, 0.25) is 17.8 Å². The number of nitrogens with zero attached hydrogens (tertiary/aromatic N) is 6. The van der Waals surface area contributed by atoms with Crippen molar-refractivity contribution in [2.24, 2.45) is 4.99 Å². The number of nitrogens with one attached hydrogen (secondary N) is 2. The standard InChI is InChI=1S/C22H24N8O/c1-29-9-11-30(12-10-29)22-27-20(24-17-6-3-2-4-7-17)26-21(28-22)25-19-14-16(15-23-19)18-8-5-13-31-18/h2-8,13-14H,9-12,15H2,1H3,(H2,23,24,25,26,27,28). The monoisotopic (exact) mass is 416 g/mol. The number of piperazine rings is 1. The van der Waals surface area contributed by atoms with Gasteiger partial charge in [-0.05, 0) is 37.4 Å². The average Bonchev–Trinajstić information content (AvgIpc) is 3.47. The minimum atomic E-state index is 0.457. The summed E-state index contributed by atoms with van der Waals surface area (Å²) < 4.78 is 5.48. The largest absolute Gasteiger partial charge is 0.465 e. The Hall–Kier alpha value is -3.72. The number of aromatic nitrogens is 3. The van der Waals surface area contributed by atoms with E-state index in [2.05, 4.69) is 47.4 Å². The van der Waals surface area contributed by atoms with Gasteiger partial charge >= 0.3 is 0 Å². The van der Waals surface area contributed by atoms with E-state index in [1.807, 2.05) is 48.5 Å². The predicted molar refractivity (Wildman–Crippen MR) is 122 cm³/mol. The van der Waals surface area contributed by atoms with Crippen molar-refractivity contribution in [1.29, 1.82) is 0 Å². The molecule has 158 valence electrons. The highest BCUT2D eigenvalue weighted by atomic mass is 16.3. The molecule has 31 heavy (non-hydrogen) atoms. The summed E-state index contributed by atoms with van der Waals surface area (Å²) in [5, 5.41) is 6.52. The van der Waals surface area contributed by atoms with Crippen molar-refractivity contribution in [2.45, 2.75) is 0 Å². The maximum atomic E-state index is 5.48. The topological polar surface area (TPSA) is 94.7 Å². The van der Waals surface area contributed by atoms with E-state index in [9.17, 15) is 0 Å². The third kappa shape index (κ3) is 4.56. The van der Waals surface area contributed by atoms with E-state index in [0.717, 1.165) is 43.2 Å². The highest BCUT2D eigenvalue weighted by molar-refractivity contribution is 6.09. The Morgan fingerprint density at radius 3 is 2.39 bits per heavy atom. The van der Waals surface area contributed by atoms with Crippen molar-refractivity contribution in [3.8, 4) is 0 Å². The van der Waals surface area contributed by atoms with Gasteiger partial charge in [0.15, 0.2) is 0 Å². The molecule has 2 aromatic heterocycles. The molecule has 9 heteroatoms. The Bertz CT molecular complexity index is 1090. The molecule has 2 aliphatic heterocycles. The van der Waals surface area contributed by atoms with Gasteiger partial charge in [0.05, 0.1) is 12.8 Å². The van der Waals surface area contributed by atoms with Crippen LogP contribution >= 0.6 is 0 Å². The molecule has 0 bridgehead atoms. The molecule has 2 N–H and O–H groups in total. The van der Waals surface area contributed by atoms with E-state index in [4.69, 9.17) is 4.42 Å². The predicted octanol–water partition coefficient (Wildman–Crippen LogP) is 2.87. The Morgan fingerprint density at radius 2 is 1.65 bits per heavy atom. The van der Waals surface area contributed by atoms with Gasteiger partial charge in [-0.2, -0.15) is 15.0 Å². The van der Waals surface area contributed by atoms with Gasteiger partial charge in [-0.1, -0.05) is 18.2 Å². The van der Waals surface area contributed by atoms with E-state index < -0.39 is 0 Å². The van der Waals surface area contributed by atoms with Crippen molar-refractivity contribution < 1.29 is 4.42 Å². The average molecular weight is 416 g/mol. The summed E-state index contributed by atoms with van der Waals surface area (Å²) in [6.07, 6.45) is 3.62. The third-order valence-electron chi connectivity index (χ3n) is 5.25. The lowest BCUT2D eigenvalue weighted by Gasteiger charge is -2.32. The van der Waals surface area contributed by atoms with Crippen LogP contribution in [-0.4, -0.2) is 65.5 Å². The molecule has 4 heterocycles. The first-order valence-electron chi connectivity index (χ1n) is 10.3. The smallest absolute Gasteiger partial charge is 0.235 e. The van der Waals surface area contributed by atoms with Gasteiger partial charge in [-0.15, -0.1) is 0 Å². The summed E-state index contributed by atoms with van der Waals surface area (Å²) in [6.45, 7) is 4.24. The van der Waals surface area contributed by atoms with Crippen molar-refractivity contribution in [3.05, 3.63) is 60.6 Å². The molecule has 0 spiro atoms. The molecule has 9 nitrogen and oxygen atoms in total. The van der Waals surface area contributed by atoms with Gasteiger partial charge < -0.3 is 24.9 Å². The second-order valence-electron chi connectivity index (χ2n) is 7.54. The van der Waals surface area contributed by atoms with E-state index in [0.29, 0.717) is 30.2 Å². The second-order valence-corrected chi connectivity index (χ2v) is 7.54. The van der Waals surface area contributed by atoms with Gasteiger partial charge in [0.1, 0.15) is 11.6 Å². The molecule has 2 aliphatic rings. The van der Waals surface area contributed by atoms with Crippen molar-refractivity contribution in [3.63, 3.8) is 0 Å². The van der Waals surface area contributed by atoms with Crippen LogP contribution in [-0.2, 0) is 0 Å². The molecular weight excluding hydrogens is 392 g/mol. The van der Waals surface area contributed by atoms with E-state index in [-0.39, 0.29) is 0 Å². The summed E-state index contributed by atoms with van der Waals surface area (Å²) in [7, 11) is 2.13. The Balaban J connectivity index is 1.40. The molecule has 1 fully saturated rings. The number of hydrogen-bond donors (Lipinski definition) is 2. The lowest BCUT2D eigenvalue weighted by molar-refractivity contribution is 0.311. The molecule has 0 radical (unpaired) electrons. The van der Waals surface area contributed by atoms with Crippen LogP contribution in [0.3, 0.4) is 0 Å². The minimum Gasteiger partial charge on any atom is -0.465 e. The van der Waals surface area contributed by atoms with Gasteiger partial charge in [-0.25, -0.2) is 0 Å². The fourth-order valence-electron chi connectivity index (χ4n) is 3.50. The number of aliphatic imine (C=N–C) groups is 1. The molecule has 0 aliphatic carbocycles. The molecular formula is C22H24N8O. The van der Waals surface area contributed by atoms with Gasteiger partial charge in [0, 0.05) is 37.4 Å². The molecule has 3 aromatic rings. The first kappa shape index (κ1) is 19.3. The van der Waals surface area contributed by atoms with Crippen molar-refractivity contribution >= 4 is 34.9 Å². The number of rotatable bonds is 5. The van der Waals surface area contributed by atoms with E-state index in [1.165, 1.54) is 0 Å². The molecule has 5 rings (SSSR count). The lowest BCUT2D eigenvalue weighted by Crippen LogP contribution is -2.45. The quantitative estimate of drug-likeness (QED) is 0.656. The van der Waals surface area contributed by atoms with Crippen LogP contribution in [0.15, 0.2) is 64.2 Å². The van der Waals surface area contributed by atoms with Crippen molar-refractivity contribution in [1.82, 2.24) is 19.9 Å². The maximum absolute atomic E-state index is 5.48. The van der Waals surface area contributed by atoms with E-state index >= 15 is 0 Å². The lowest BCUT2D eigenvalue weighted by atomic mass is 10.2. The highest BCUT2D eigenvalue weighted by Gasteiger charge is 2.20. The fraction of sp³-hybridized carbons (Fsp3) is 0.273. The first-order valence-corrected chi connectivity index (χ1v) is 10.3. The molecule has 0 amide bonds. The molecule has 0 saturated carbocycles. The zero-order chi connectivity index (χ0) is 21.0. The van der Waals surface area contributed by atoms with Crippen molar-refractivity contribution in [2.75, 3.05) is 55.3 Å².